The summed E-state index contributed by atoms with van der Waals surface area (Å²) in [6.45, 7) is 6.28. The fourth-order valence-corrected chi connectivity index (χ4v) is 3.74. The molecule has 0 saturated heterocycles. The number of benzene rings is 2. The van der Waals surface area contributed by atoms with E-state index in [9.17, 15) is 0 Å². The lowest BCUT2D eigenvalue weighted by molar-refractivity contribution is 0.391. The highest BCUT2D eigenvalue weighted by atomic mass is 16.5. The number of nitrogens with one attached hydrogen (secondary N) is 1. The number of nitrogens with zero attached hydrogens (tertiary/aromatic N) is 2. The van der Waals surface area contributed by atoms with Gasteiger partial charge in [-0.25, -0.2) is 4.68 Å². The first-order chi connectivity index (χ1) is 12.5. The lowest BCUT2D eigenvalue weighted by atomic mass is 9.98. The summed E-state index contributed by atoms with van der Waals surface area (Å²) in [5, 5.41) is 8.43. The molecule has 0 bridgehead atoms. The highest BCUT2D eigenvalue weighted by molar-refractivity contribution is 5.82. The van der Waals surface area contributed by atoms with E-state index in [4.69, 9.17) is 14.6 Å². The zero-order valence-corrected chi connectivity index (χ0v) is 15.8. The molecule has 2 heterocycles. The maximum Gasteiger partial charge on any atom is 0.151 e. The molecule has 1 aliphatic heterocycles. The molecule has 26 heavy (non-hydrogen) atoms. The van der Waals surface area contributed by atoms with Crippen molar-refractivity contribution in [1.29, 1.82) is 0 Å². The summed E-state index contributed by atoms with van der Waals surface area (Å²) in [6.07, 6.45) is -0.169. The van der Waals surface area contributed by atoms with Crippen LogP contribution < -0.4 is 14.8 Å². The zero-order valence-electron chi connectivity index (χ0n) is 15.8. The molecule has 2 aromatic carbocycles. The summed E-state index contributed by atoms with van der Waals surface area (Å²) in [6, 6.07) is 12.4. The van der Waals surface area contributed by atoms with E-state index in [2.05, 4.69) is 37.4 Å². The van der Waals surface area contributed by atoms with Crippen molar-refractivity contribution < 1.29 is 9.47 Å². The van der Waals surface area contributed by atoms with Gasteiger partial charge in [-0.1, -0.05) is 11.6 Å². The lowest BCUT2D eigenvalue weighted by Crippen LogP contribution is -2.26. The largest absolute Gasteiger partial charge is 0.497 e. The highest BCUT2D eigenvalue weighted by Gasteiger charge is 2.29. The lowest BCUT2D eigenvalue weighted by Gasteiger charge is -2.31. The molecule has 134 valence electrons. The van der Waals surface area contributed by atoms with Crippen LogP contribution in [0.25, 0.3) is 11.3 Å². The van der Waals surface area contributed by atoms with Crippen molar-refractivity contribution in [3.05, 3.63) is 58.8 Å². The average Bonchev–Trinajstić information content (AvgIpc) is 3.02. The molecule has 0 amide bonds. The van der Waals surface area contributed by atoms with E-state index in [0.29, 0.717) is 0 Å². The van der Waals surface area contributed by atoms with Crippen molar-refractivity contribution in [1.82, 2.24) is 9.78 Å². The number of aryl methyl sites for hydroxylation is 3. The van der Waals surface area contributed by atoms with Crippen molar-refractivity contribution in [2.75, 3.05) is 19.5 Å². The number of rotatable bonds is 3. The SMILES string of the molecule is COc1ccc(OC)c([C@H]2Nc3c(C)cc(C)cc3-c3cc(C)nn32)c1. The summed E-state index contributed by atoms with van der Waals surface area (Å²) in [5.41, 5.74) is 7.86. The quantitative estimate of drug-likeness (QED) is 0.758. The number of hydrogen-bond donors (Lipinski definition) is 1. The average molecular weight is 349 g/mol. The van der Waals surface area contributed by atoms with Gasteiger partial charge in [0.15, 0.2) is 6.17 Å². The van der Waals surface area contributed by atoms with Crippen LogP contribution in [0.15, 0.2) is 36.4 Å². The summed E-state index contributed by atoms with van der Waals surface area (Å²) in [4.78, 5) is 0. The molecule has 3 aromatic rings. The third-order valence-electron chi connectivity index (χ3n) is 4.87. The van der Waals surface area contributed by atoms with Gasteiger partial charge in [0.05, 0.1) is 25.6 Å². The van der Waals surface area contributed by atoms with E-state index < -0.39 is 0 Å². The molecule has 1 aliphatic rings. The van der Waals surface area contributed by atoms with Crippen molar-refractivity contribution in [2.45, 2.75) is 26.9 Å². The molecule has 1 aromatic heterocycles. The van der Waals surface area contributed by atoms with Gasteiger partial charge in [-0.3, -0.25) is 0 Å². The molecule has 0 radical (unpaired) electrons. The summed E-state index contributed by atoms with van der Waals surface area (Å²) in [7, 11) is 3.36. The van der Waals surface area contributed by atoms with Crippen LogP contribution >= 0.6 is 0 Å². The van der Waals surface area contributed by atoms with Crippen molar-refractivity contribution in [2.24, 2.45) is 0 Å². The molecule has 0 fully saturated rings. The molecule has 1 atom stereocenters. The number of methoxy groups -OCH3 is 2. The first-order valence-electron chi connectivity index (χ1n) is 8.68. The first kappa shape index (κ1) is 16.5. The fourth-order valence-electron chi connectivity index (χ4n) is 3.74. The fraction of sp³-hybridized carbons (Fsp3) is 0.286. The Labute approximate surface area is 153 Å². The van der Waals surface area contributed by atoms with Crippen LogP contribution in [0.1, 0.15) is 28.6 Å². The Hall–Kier alpha value is -2.95. The first-order valence-corrected chi connectivity index (χ1v) is 8.68. The van der Waals surface area contributed by atoms with E-state index in [1.807, 2.05) is 29.8 Å². The number of aromatic nitrogens is 2. The summed E-state index contributed by atoms with van der Waals surface area (Å²) >= 11 is 0. The van der Waals surface area contributed by atoms with Crippen LogP contribution in [0, 0.1) is 20.8 Å². The van der Waals surface area contributed by atoms with E-state index in [1.54, 1.807) is 14.2 Å². The Morgan fingerprint density at radius 1 is 1.00 bits per heavy atom. The highest BCUT2D eigenvalue weighted by Crippen LogP contribution is 2.43. The molecule has 0 spiro atoms. The predicted octanol–water partition coefficient (Wildman–Crippen LogP) is 4.46. The van der Waals surface area contributed by atoms with Crippen LogP contribution in [0.3, 0.4) is 0 Å². The van der Waals surface area contributed by atoms with Crippen molar-refractivity contribution in [3.63, 3.8) is 0 Å². The van der Waals surface area contributed by atoms with Crippen molar-refractivity contribution in [3.8, 4) is 22.8 Å². The molecule has 4 rings (SSSR count). The number of ether oxygens (including phenoxy) is 2. The van der Waals surface area contributed by atoms with Gasteiger partial charge in [-0.2, -0.15) is 5.10 Å². The zero-order chi connectivity index (χ0) is 18.4. The van der Waals surface area contributed by atoms with Crippen molar-refractivity contribution >= 4 is 5.69 Å². The maximum atomic E-state index is 5.62. The Bertz CT molecular complexity index is 991. The Balaban J connectivity index is 1.95. The van der Waals surface area contributed by atoms with Gasteiger partial charge in [-0.15, -0.1) is 0 Å². The second-order valence-electron chi connectivity index (χ2n) is 6.77. The molecule has 0 aliphatic carbocycles. The van der Waals surface area contributed by atoms with Gasteiger partial charge in [0.2, 0.25) is 0 Å². The van der Waals surface area contributed by atoms with Gasteiger partial charge in [0.1, 0.15) is 11.5 Å². The van der Waals surface area contributed by atoms with Crippen LogP contribution in [0.2, 0.25) is 0 Å². The van der Waals surface area contributed by atoms with Gasteiger partial charge in [-0.05, 0) is 56.7 Å². The minimum Gasteiger partial charge on any atom is -0.497 e. The van der Waals surface area contributed by atoms with Gasteiger partial charge in [0.25, 0.3) is 0 Å². The van der Waals surface area contributed by atoms with E-state index in [-0.39, 0.29) is 6.17 Å². The Morgan fingerprint density at radius 2 is 1.81 bits per heavy atom. The van der Waals surface area contributed by atoms with Crippen LogP contribution in [0.4, 0.5) is 5.69 Å². The normalized spacial score (nSPS) is 15.0. The predicted molar refractivity (Wildman–Crippen MR) is 103 cm³/mol. The summed E-state index contributed by atoms with van der Waals surface area (Å²) < 4.78 is 13.1. The van der Waals surface area contributed by atoms with E-state index in [0.717, 1.165) is 34.1 Å². The second-order valence-corrected chi connectivity index (χ2v) is 6.77. The number of hydrogen-bond acceptors (Lipinski definition) is 4. The third kappa shape index (κ3) is 2.51. The molecular weight excluding hydrogens is 326 g/mol. The van der Waals surface area contributed by atoms with Crippen LogP contribution in [-0.4, -0.2) is 24.0 Å². The van der Waals surface area contributed by atoms with Gasteiger partial charge < -0.3 is 14.8 Å². The molecule has 5 heteroatoms. The Kier molecular flexibility index (Phi) is 3.87. The Morgan fingerprint density at radius 3 is 2.54 bits per heavy atom. The van der Waals surface area contributed by atoms with Gasteiger partial charge in [0, 0.05) is 16.8 Å². The van der Waals surface area contributed by atoms with E-state index >= 15 is 0 Å². The number of fused-ring (bicyclic) bond motifs is 3. The van der Waals surface area contributed by atoms with Crippen LogP contribution in [-0.2, 0) is 0 Å². The topological polar surface area (TPSA) is 48.3 Å². The molecule has 0 saturated carbocycles. The number of anilines is 1. The molecule has 5 nitrogen and oxygen atoms in total. The smallest absolute Gasteiger partial charge is 0.151 e. The minimum absolute atomic E-state index is 0.169. The van der Waals surface area contributed by atoms with Gasteiger partial charge >= 0.3 is 0 Å². The monoisotopic (exact) mass is 349 g/mol. The minimum atomic E-state index is -0.169. The second kappa shape index (κ2) is 6.09. The molecular formula is C21H23N3O2. The maximum absolute atomic E-state index is 5.62. The molecule has 0 unspecified atom stereocenters. The standard InChI is InChI=1S/C21H23N3O2/c1-12-8-13(2)20-16(9-12)18-10-14(3)23-24(18)21(22-20)17-11-15(25-4)6-7-19(17)26-5/h6-11,21-22H,1-5H3/t21-/m0/s1. The summed E-state index contributed by atoms with van der Waals surface area (Å²) in [5.74, 6) is 1.59. The van der Waals surface area contributed by atoms with Crippen LogP contribution in [0.5, 0.6) is 11.5 Å². The third-order valence-corrected chi connectivity index (χ3v) is 4.87. The van der Waals surface area contributed by atoms with E-state index in [1.165, 1.54) is 16.7 Å². The molecule has 1 N–H and O–H groups in total.